The van der Waals surface area contributed by atoms with Gasteiger partial charge < -0.3 is 10.5 Å². The number of rotatable bonds is 1. The van der Waals surface area contributed by atoms with Gasteiger partial charge in [0, 0.05) is 8.95 Å². The zero-order valence-corrected chi connectivity index (χ0v) is 12.0. The maximum atomic E-state index is 11.2. The van der Waals surface area contributed by atoms with Crippen molar-refractivity contribution in [3.63, 3.8) is 0 Å². The van der Waals surface area contributed by atoms with E-state index in [0.29, 0.717) is 15.7 Å². The number of nitrogens with two attached hydrogens (primary N) is 1. The molecule has 0 saturated carbocycles. The molecule has 0 aliphatic rings. The second-order valence-electron chi connectivity index (χ2n) is 2.34. The summed E-state index contributed by atoms with van der Waals surface area (Å²) in [5.74, 6) is -0.445. The summed E-state index contributed by atoms with van der Waals surface area (Å²) in [6.07, 6.45) is 0. The van der Waals surface area contributed by atoms with E-state index in [1.54, 1.807) is 12.1 Å². The van der Waals surface area contributed by atoms with Crippen LogP contribution in [0.15, 0.2) is 21.1 Å². The van der Waals surface area contributed by atoms with Crippen molar-refractivity contribution in [2.45, 2.75) is 13.8 Å². The summed E-state index contributed by atoms with van der Waals surface area (Å²) in [6, 6.07) is 3.38. The quantitative estimate of drug-likeness (QED) is 0.628. The standard InChI is InChI=1S/C8H7Br2NO2.C2H6/c1-13-8(12)5-2-4(9)3-6(10)7(5)11;1-2/h2-3H,11H2,1H3;1-2H3. The van der Waals surface area contributed by atoms with Crippen molar-refractivity contribution in [3.05, 3.63) is 26.6 Å². The number of hydrogen-bond donors (Lipinski definition) is 1. The fourth-order valence-electron chi connectivity index (χ4n) is 0.864. The first-order valence-electron chi connectivity index (χ1n) is 4.39. The molecule has 2 N–H and O–H groups in total. The lowest BCUT2D eigenvalue weighted by Crippen LogP contribution is -2.06. The molecule has 0 spiro atoms. The van der Waals surface area contributed by atoms with Crippen LogP contribution in [0.2, 0.25) is 0 Å². The summed E-state index contributed by atoms with van der Waals surface area (Å²) in [5, 5.41) is 0. The SMILES string of the molecule is CC.COC(=O)c1cc(Br)cc(Br)c1N. The lowest BCUT2D eigenvalue weighted by molar-refractivity contribution is 0.0602. The predicted molar refractivity (Wildman–Crippen MR) is 68.9 cm³/mol. The number of nitrogen functional groups attached to an aromatic ring is 1. The lowest BCUT2D eigenvalue weighted by Gasteiger charge is -2.05. The fourth-order valence-corrected chi connectivity index (χ4v) is 2.09. The van der Waals surface area contributed by atoms with E-state index in [9.17, 15) is 4.79 Å². The van der Waals surface area contributed by atoms with Crippen LogP contribution >= 0.6 is 31.9 Å². The number of methoxy groups -OCH3 is 1. The molecule has 0 aliphatic carbocycles. The first-order valence-corrected chi connectivity index (χ1v) is 5.97. The summed E-state index contributed by atoms with van der Waals surface area (Å²) < 4.78 is 6.01. The van der Waals surface area contributed by atoms with Crippen LogP contribution in [-0.2, 0) is 4.74 Å². The van der Waals surface area contributed by atoms with E-state index in [1.807, 2.05) is 13.8 Å². The first-order chi connectivity index (χ1) is 7.06. The van der Waals surface area contributed by atoms with Crippen molar-refractivity contribution in [3.8, 4) is 0 Å². The minimum atomic E-state index is -0.445. The van der Waals surface area contributed by atoms with Crippen molar-refractivity contribution in [1.82, 2.24) is 0 Å². The Bertz CT molecular complexity index is 354. The highest BCUT2D eigenvalue weighted by Gasteiger charge is 2.12. The molecule has 0 unspecified atom stereocenters. The topological polar surface area (TPSA) is 52.3 Å². The molecule has 1 aromatic rings. The van der Waals surface area contributed by atoms with Crippen LogP contribution in [0.1, 0.15) is 24.2 Å². The second kappa shape index (κ2) is 6.85. The lowest BCUT2D eigenvalue weighted by atomic mass is 10.2. The zero-order chi connectivity index (χ0) is 12.0. The third-order valence-electron chi connectivity index (χ3n) is 1.50. The van der Waals surface area contributed by atoms with Gasteiger partial charge in [-0.1, -0.05) is 29.8 Å². The van der Waals surface area contributed by atoms with Crippen molar-refractivity contribution < 1.29 is 9.53 Å². The summed E-state index contributed by atoms with van der Waals surface area (Å²) in [7, 11) is 1.32. The van der Waals surface area contributed by atoms with Gasteiger partial charge >= 0.3 is 5.97 Å². The molecule has 0 fully saturated rings. The molecule has 1 rings (SSSR count). The molecule has 1 aromatic carbocycles. The molecular weight excluding hydrogens is 326 g/mol. The Morgan fingerprint density at radius 2 is 1.87 bits per heavy atom. The Hall–Kier alpha value is -0.550. The van der Waals surface area contributed by atoms with Crippen molar-refractivity contribution in [2.24, 2.45) is 0 Å². The second-order valence-corrected chi connectivity index (χ2v) is 4.11. The van der Waals surface area contributed by atoms with E-state index in [4.69, 9.17) is 5.73 Å². The van der Waals surface area contributed by atoms with Gasteiger partial charge in [-0.2, -0.15) is 0 Å². The van der Waals surface area contributed by atoms with Gasteiger partial charge in [0.25, 0.3) is 0 Å². The average Bonchev–Trinajstić information content (AvgIpc) is 2.25. The molecule has 84 valence electrons. The predicted octanol–water partition coefficient (Wildman–Crippen LogP) is 3.61. The molecular formula is C10H13Br2NO2. The van der Waals surface area contributed by atoms with Gasteiger partial charge in [0.2, 0.25) is 0 Å². The van der Waals surface area contributed by atoms with Crippen LogP contribution in [0.5, 0.6) is 0 Å². The first kappa shape index (κ1) is 14.5. The monoisotopic (exact) mass is 337 g/mol. The highest BCUT2D eigenvalue weighted by Crippen LogP contribution is 2.28. The van der Waals surface area contributed by atoms with E-state index in [-0.39, 0.29) is 0 Å². The fraction of sp³-hybridized carbons (Fsp3) is 0.300. The number of carbonyl (C=O) groups excluding carboxylic acids is 1. The van der Waals surface area contributed by atoms with E-state index in [2.05, 4.69) is 36.6 Å². The maximum Gasteiger partial charge on any atom is 0.340 e. The Balaban J connectivity index is 0.000000921. The van der Waals surface area contributed by atoms with Gasteiger partial charge in [-0.05, 0) is 28.1 Å². The minimum Gasteiger partial charge on any atom is -0.465 e. The Kier molecular flexibility index (Phi) is 6.60. The minimum absolute atomic E-state index is 0.351. The summed E-state index contributed by atoms with van der Waals surface area (Å²) in [6.45, 7) is 4.00. The molecule has 5 heteroatoms. The Labute approximate surface area is 106 Å². The van der Waals surface area contributed by atoms with E-state index < -0.39 is 5.97 Å². The molecule has 0 atom stereocenters. The van der Waals surface area contributed by atoms with Crippen LogP contribution in [0, 0.1) is 0 Å². The number of esters is 1. The molecule has 0 aliphatic heterocycles. The normalized spacial score (nSPS) is 8.87. The molecule has 0 saturated heterocycles. The summed E-state index contributed by atoms with van der Waals surface area (Å²) in [5.41, 5.74) is 6.39. The van der Waals surface area contributed by atoms with E-state index in [1.165, 1.54) is 7.11 Å². The Morgan fingerprint density at radius 1 is 1.33 bits per heavy atom. The molecule has 3 nitrogen and oxygen atoms in total. The highest BCUT2D eigenvalue weighted by atomic mass is 79.9. The van der Waals surface area contributed by atoms with Gasteiger partial charge in [-0.15, -0.1) is 0 Å². The molecule has 0 radical (unpaired) electrons. The van der Waals surface area contributed by atoms with Gasteiger partial charge in [0.1, 0.15) is 0 Å². The highest BCUT2D eigenvalue weighted by molar-refractivity contribution is 9.11. The number of benzene rings is 1. The largest absolute Gasteiger partial charge is 0.465 e. The van der Waals surface area contributed by atoms with E-state index >= 15 is 0 Å². The summed E-state index contributed by atoms with van der Waals surface area (Å²) >= 11 is 6.48. The Morgan fingerprint density at radius 3 is 2.33 bits per heavy atom. The molecule has 0 amide bonds. The van der Waals surface area contributed by atoms with Crippen molar-refractivity contribution in [1.29, 1.82) is 0 Å². The zero-order valence-electron chi connectivity index (χ0n) is 8.80. The molecule has 15 heavy (non-hydrogen) atoms. The number of ether oxygens (including phenoxy) is 1. The van der Waals surface area contributed by atoms with Gasteiger partial charge in [-0.3, -0.25) is 0 Å². The number of halogens is 2. The van der Waals surface area contributed by atoms with Gasteiger partial charge in [-0.25, -0.2) is 4.79 Å². The maximum absolute atomic E-state index is 11.2. The number of hydrogen-bond acceptors (Lipinski definition) is 3. The third-order valence-corrected chi connectivity index (χ3v) is 2.61. The molecule has 0 heterocycles. The van der Waals surface area contributed by atoms with E-state index in [0.717, 1.165) is 4.47 Å². The molecule has 0 aromatic heterocycles. The van der Waals surface area contributed by atoms with Crippen LogP contribution in [0.4, 0.5) is 5.69 Å². The molecule has 0 bridgehead atoms. The number of carbonyl (C=O) groups is 1. The van der Waals surface area contributed by atoms with Crippen LogP contribution in [0.3, 0.4) is 0 Å². The van der Waals surface area contributed by atoms with Crippen LogP contribution < -0.4 is 5.73 Å². The van der Waals surface area contributed by atoms with Gasteiger partial charge in [0.15, 0.2) is 0 Å². The summed E-state index contributed by atoms with van der Waals surface area (Å²) in [4.78, 5) is 11.2. The third kappa shape index (κ3) is 3.83. The van der Waals surface area contributed by atoms with Crippen molar-refractivity contribution >= 4 is 43.5 Å². The number of anilines is 1. The van der Waals surface area contributed by atoms with Crippen LogP contribution in [0.25, 0.3) is 0 Å². The average molecular weight is 339 g/mol. The van der Waals surface area contributed by atoms with Crippen LogP contribution in [-0.4, -0.2) is 13.1 Å². The van der Waals surface area contributed by atoms with Gasteiger partial charge in [0.05, 0.1) is 18.4 Å². The van der Waals surface area contributed by atoms with Crippen molar-refractivity contribution in [2.75, 3.05) is 12.8 Å². The smallest absolute Gasteiger partial charge is 0.340 e.